The van der Waals surface area contributed by atoms with E-state index in [0.29, 0.717) is 11.2 Å². The van der Waals surface area contributed by atoms with Gasteiger partial charge in [0.1, 0.15) is 0 Å². The first-order chi connectivity index (χ1) is 10.7. The van der Waals surface area contributed by atoms with E-state index in [-0.39, 0.29) is 12.5 Å². The Morgan fingerprint density at radius 3 is 2.86 bits per heavy atom. The van der Waals surface area contributed by atoms with Gasteiger partial charge in [-0.25, -0.2) is 4.98 Å². The molecule has 0 unspecified atom stereocenters. The van der Waals surface area contributed by atoms with Crippen molar-refractivity contribution in [3.8, 4) is 0 Å². The average molecular weight is 296 g/mol. The van der Waals surface area contributed by atoms with Crippen LogP contribution in [0.4, 0.5) is 0 Å². The minimum atomic E-state index is -0.449. The van der Waals surface area contributed by atoms with Crippen molar-refractivity contribution in [2.75, 3.05) is 6.61 Å². The summed E-state index contributed by atoms with van der Waals surface area (Å²) < 4.78 is 0. The van der Waals surface area contributed by atoms with Crippen LogP contribution in [0.15, 0.2) is 42.6 Å². The Morgan fingerprint density at radius 1 is 1.36 bits per heavy atom. The standard InChI is InChI=1S/C16H16N4O2/c1-10-13-7-12(8-17-15(13)20-19-10)16(22)18-14(9-21)11-5-3-2-4-6-11/h2-8,14,21H,9H2,1H3,(H,18,22)(H,17,19,20)/t14-/m1/s1. The van der Waals surface area contributed by atoms with Gasteiger partial charge in [-0.15, -0.1) is 0 Å². The van der Waals surface area contributed by atoms with E-state index in [4.69, 9.17) is 0 Å². The number of benzene rings is 1. The molecule has 112 valence electrons. The number of fused-ring (bicyclic) bond motifs is 1. The number of nitrogens with zero attached hydrogens (tertiary/aromatic N) is 2. The maximum Gasteiger partial charge on any atom is 0.253 e. The van der Waals surface area contributed by atoms with Gasteiger partial charge in [0, 0.05) is 17.3 Å². The van der Waals surface area contributed by atoms with Gasteiger partial charge in [0.05, 0.1) is 18.2 Å². The summed E-state index contributed by atoms with van der Waals surface area (Å²) in [7, 11) is 0. The predicted molar refractivity (Wildman–Crippen MR) is 82.4 cm³/mol. The molecule has 22 heavy (non-hydrogen) atoms. The zero-order valence-corrected chi connectivity index (χ0v) is 12.1. The zero-order chi connectivity index (χ0) is 15.5. The molecule has 1 atom stereocenters. The van der Waals surface area contributed by atoms with Gasteiger partial charge in [0.25, 0.3) is 5.91 Å². The molecule has 2 heterocycles. The van der Waals surface area contributed by atoms with E-state index in [1.807, 2.05) is 37.3 Å². The first-order valence-electron chi connectivity index (χ1n) is 6.96. The minimum absolute atomic E-state index is 0.170. The monoisotopic (exact) mass is 296 g/mol. The van der Waals surface area contributed by atoms with Gasteiger partial charge >= 0.3 is 0 Å². The maximum atomic E-state index is 12.4. The van der Waals surface area contributed by atoms with E-state index in [2.05, 4.69) is 20.5 Å². The van der Waals surface area contributed by atoms with E-state index in [1.165, 1.54) is 6.20 Å². The number of carbonyl (C=O) groups is 1. The van der Waals surface area contributed by atoms with E-state index in [0.717, 1.165) is 16.6 Å². The molecule has 0 spiro atoms. The van der Waals surface area contributed by atoms with Crippen molar-refractivity contribution in [1.82, 2.24) is 20.5 Å². The fourth-order valence-corrected chi connectivity index (χ4v) is 2.31. The first kappa shape index (κ1) is 14.2. The molecule has 2 aromatic heterocycles. The number of pyridine rings is 1. The summed E-state index contributed by atoms with van der Waals surface area (Å²) in [5.41, 5.74) is 2.73. The molecule has 0 saturated carbocycles. The van der Waals surface area contributed by atoms with E-state index < -0.39 is 6.04 Å². The fourth-order valence-electron chi connectivity index (χ4n) is 2.31. The van der Waals surface area contributed by atoms with Crippen LogP contribution in [-0.2, 0) is 0 Å². The van der Waals surface area contributed by atoms with Crippen molar-refractivity contribution >= 4 is 16.9 Å². The van der Waals surface area contributed by atoms with Crippen molar-refractivity contribution in [3.05, 3.63) is 59.4 Å². The van der Waals surface area contributed by atoms with Gasteiger partial charge < -0.3 is 10.4 Å². The molecular formula is C16H16N4O2. The summed E-state index contributed by atoms with van der Waals surface area (Å²) in [5, 5.41) is 20.0. The van der Waals surface area contributed by atoms with Crippen molar-refractivity contribution in [2.24, 2.45) is 0 Å². The number of hydrogen-bond acceptors (Lipinski definition) is 4. The number of carbonyl (C=O) groups excluding carboxylic acids is 1. The van der Waals surface area contributed by atoms with Crippen LogP contribution < -0.4 is 5.32 Å². The van der Waals surface area contributed by atoms with Crippen LogP contribution >= 0.6 is 0 Å². The Balaban J connectivity index is 1.84. The van der Waals surface area contributed by atoms with Crippen LogP contribution in [0.2, 0.25) is 0 Å². The lowest BCUT2D eigenvalue weighted by Gasteiger charge is -2.16. The molecule has 0 bridgehead atoms. The maximum absolute atomic E-state index is 12.4. The highest BCUT2D eigenvalue weighted by molar-refractivity contribution is 5.97. The van der Waals surface area contributed by atoms with E-state index in [9.17, 15) is 9.90 Å². The van der Waals surface area contributed by atoms with Crippen LogP contribution in [0.1, 0.15) is 27.7 Å². The van der Waals surface area contributed by atoms with Gasteiger partial charge in [-0.2, -0.15) is 5.10 Å². The molecule has 0 fully saturated rings. The summed E-state index contributed by atoms with van der Waals surface area (Å²) in [4.78, 5) is 16.5. The number of aliphatic hydroxyl groups is 1. The smallest absolute Gasteiger partial charge is 0.253 e. The van der Waals surface area contributed by atoms with Crippen molar-refractivity contribution in [2.45, 2.75) is 13.0 Å². The van der Waals surface area contributed by atoms with Gasteiger partial charge in [0.2, 0.25) is 0 Å². The molecule has 3 rings (SSSR count). The lowest BCUT2D eigenvalue weighted by Crippen LogP contribution is -2.30. The second-order valence-corrected chi connectivity index (χ2v) is 5.06. The van der Waals surface area contributed by atoms with Crippen LogP contribution in [0.5, 0.6) is 0 Å². The lowest BCUT2D eigenvalue weighted by atomic mass is 10.1. The number of aryl methyl sites for hydroxylation is 1. The summed E-state index contributed by atoms with van der Waals surface area (Å²) >= 11 is 0. The largest absolute Gasteiger partial charge is 0.394 e. The molecule has 1 aromatic carbocycles. The van der Waals surface area contributed by atoms with Crippen molar-refractivity contribution in [1.29, 1.82) is 0 Å². The third-order valence-electron chi connectivity index (χ3n) is 3.55. The van der Waals surface area contributed by atoms with Gasteiger partial charge in [-0.1, -0.05) is 30.3 Å². The molecular weight excluding hydrogens is 280 g/mol. The van der Waals surface area contributed by atoms with Gasteiger partial charge in [0.15, 0.2) is 5.65 Å². The molecule has 6 nitrogen and oxygen atoms in total. The van der Waals surface area contributed by atoms with E-state index >= 15 is 0 Å². The van der Waals surface area contributed by atoms with E-state index in [1.54, 1.807) is 6.07 Å². The van der Waals surface area contributed by atoms with Crippen LogP contribution in [0, 0.1) is 6.92 Å². The van der Waals surface area contributed by atoms with Crippen LogP contribution in [-0.4, -0.2) is 32.8 Å². The Hall–Kier alpha value is -2.73. The SMILES string of the molecule is Cc1[nH]nc2ncc(C(=O)N[C@H](CO)c3ccccc3)cc12. The van der Waals surface area contributed by atoms with Crippen molar-refractivity contribution < 1.29 is 9.90 Å². The van der Waals surface area contributed by atoms with Gasteiger partial charge in [-0.05, 0) is 18.6 Å². The molecule has 0 aliphatic carbocycles. The number of H-pyrrole nitrogens is 1. The Morgan fingerprint density at radius 2 is 2.14 bits per heavy atom. The van der Waals surface area contributed by atoms with Crippen molar-refractivity contribution in [3.63, 3.8) is 0 Å². The highest BCUT2D eigenvalue weighted by atomic mass is 16.3. The summed E-state index contributed by atoms with van der Waals surface area (Å²) in [5.74, 6) is -0.280. The normalized spacial score (nSPS) is 12.3. The topological polar surface area (TPSA) is 90.9 Å². The lowest BCUT2D eigenvalue weighted by molar-refractivity contribution is 0.0916. The Bertz CT molecular complexity index is 798. The fraction of sp³-hybridized carbons (Fsp3) is 0.188. The second kappa shape index (κ2) is 5.95. The second-order valence-electron chi connectivity index (χ2n) is 5.06. The average Bonchev–Trinajstić information content (AvgIpc) is 2.94. The number of aromatic amines is 1. The summed E-state index contributed by atoms with van der Waals surface area (Å²) in [6, 6.07) is 10.6. The molecule has 3 aromatic rings. The number of aliphatic hydroxyl groups excluding tert-OH is 1. The summed E-state index contributed by atoms with van der Waals surface area (Å²) in [6.45, 7) is 1.70. The zero-order valence-electron chi connectivity index (χ0n) is 12.1. The van der Waals surface area contributed by atoms with Crippen LogP contribution in [0.3, 0.4) is 0 Å². The predicted octanol–water partition coefficient (Wildman–Crippen LogP) is 1.73. The molecule has 6 heteroatoms. The highest BCUT2D eigenvalue weighted by Gasteiger charge is 2.16. The molecule has 0 radical (unpaired) electrons. The third-order valence-corrected chi connectivity index (χ3v) is 3.55. The van der Waals surface area contributed by atoms with Crippen LogP contribution in [0.25, 0.3) is 11.0 Å². The molecule has 1 amide bonds. The Labute approximate surface area is 127 Å². The van der Waals surface area contributed by atoms with Gasteiger partial charge in [-0.3, -0.25) is 9.89 Å². The molecule has 0 saturated heterocycles. The number of aromatic nitrogens is 3. The number of rotatable bonds is 4. The molecule has 0 aliphatic heterocycles. The number of nitrogens with one attached hydrogen (secondary N) is 2. The highest BCUT2D eigenvalue weighted by Crippen LogP contribution is 2.16. The summed E-state index contributed by atoms with van der Waals surface area (Å²) in [6.07, 6.45) is 1.48. The number of hydrogen-bond donors (Lipinski definition) is 3. The quantitative estimate of drug-likeness (QED) is 0.684. The molecule has 3 N–H and O–H groups in total. The third kappa shape index (κ3) is 2.68. The minimum Gasteiger partial charge on any atom is -0.394 e. The molecule has 0 aliphatic rings. The Kier molecular flexibility index (Phi) is 3.84. The first-order valence-corrected chi connectivity index (χ1v) is 6.96. The number of amides is 1.